The number of ether oxygens (including phenoxy) is 1. The molecule has 1 aliphatic rings. The van der Waals surface area contributed by atoms with E-state index in [1.165, 1.54) is 0 Å². The zero-order chi connectivity index (χ0) is 14.6. The highest BCUT2D eigenvalue weighted by atomic mass is 16.5. The molecule has 2 rings (SSSR count). The molecule has 1 aromatic rings. The molecule has 20 heavy (non-hydrogen) atoms. The minimum Gasteiger partial charge on any atom is -0.396 e. The zero-order valence-corrected chi connectivity index (χ0v) is 11.8. The lowest BCUT2D eigenvalue weighted by molar-refractivity contribution is -0.153. The Hall–Kier alpha value is -1.43. The highest BCUT2D eigenvalue weighted by molar-refractivity contribution is 5.76. The molecule has 0 bridgehead atoms. The second-order valence-corrected chi connectivity index (χ2v) is 5.61. The van der Waals surface area contributed by atoms with E-state index >= 15 is 0 Å². The number of nitrogens with two attached hydrogens (primary N) is 1. The first-order valence-electron chi connectivity index (χ1n) is 6.82. The molecule has 0 aromatic heterocycles. The molecule has 0 unspecified atom stereocenters. The largest absolute Gasteiger partial charge is 0.396 e. The van der Waals surface area contributed by atoms with E-state index in [2.05, 4.69) is 0 Å². The molecule has 0 spiro atoms. The Balaban J connectivity index is 2.12. The van der Waals surface area contributed by atoms with Crippen LogP contribution in [0.3, 0.4) is 0 Å². The van der Waals surface area contributed by atoms with E-state index in [4.69, 9.17) is 10.5 Å². The van der Waals surface area contributed by atoms with E-state index < -0.39 is 0 Å². The van der Waals surface area contributed by atoms with Crippen LogP contribution in [0.1, 0.15) is 18.5 Å². The first kappa shape index (κ1) is 15.0. The minimum absolute atomic E-state index is 0.0593. The predicted molar refractivity (Wildman–Crippen MR) is 76.0 cm³/mol. The fourth-order valence-corrected chi connectivity index (χ4v) is 2.53. The standard InChI is InChI=1S/C15H22N2O3/c1-12(13-5-3-2-4-6-13)17(7-14(16)19)8-15(9-18)10-20-11-15/h2-6,12,18H,7-11H2,1H3,(H2,16,19)/t12-/m1/s1. The number of hydrogen-bond donors (Lipinski definition) is 2. The zero-order valence-electron chi connectivity index (χ0n) is 11.8. The Labute approximate surface area is 119 Å². The summed E-state index contributed by atoms with van der Waals surface area (Å²) in [6.07, 6.45) is 0. The first-order chi connectivity index (χ1) is 9.56. The molecule has 0 saturated carbocycles. The molecule has 1 heterocycles. The number of carbonyl (C=O) groups is 1. The lowest BCUT2D eigenvalue weighted by Crippen LogP contribution is -2.54. The van der Waals surface area contributed by atoms with Crippen molar-refractivity contribution in [3.63, 3.8) is 0 Å². The van der Waals surface area contributed by atoms with Crippen molar-refractivity contribution in [3.05, 3.63) is 35.9 Å². The highest BCUT2D eigenvalue weighted by Gasteiger charge is 2.40. The summed E-state index contributed by atoms with van der Waals surface area (Å²) < 4.78 is 5.22. The van der Waals surface area contributed by atoms with Gasteiger partial charge in [0, 0.05) is 12.6 Å². The Bertz CT molecular complexity index is 440. The van der Waals surface area contributed by atoms with Crippen LogP contribution in [0.4, 0.5) is 0 Å². The van der Waals surface area contributed by atoms with Crippen LogP contribution in [-0.2, 0) is 9.53 Å². The Morgan fingerprint density at radius 2 is 2.10 bits per heavy atom. The number of benzene rings is 1. The fourth-order valence-electron chi connectivity index (χ4n) is 2.53. The quantitative estimate of drug-likeness (QED) is 0.763. The second-order valence-electron chi connectivity index (χ2n) is 5.61. The number of aliphatic hydroxyl groups excluding tert-OH is 1. The summed E-state index contributed by atoms with van der Waals surface area (Å²) in [5.74, 6) is -0.360. The molecule has 1 aliphatic heterocycles. The summed E-state index contributed by atoms with van der Waals surface area (Å²) in [7, 11) is 0. The first-order valence-corrected chi connectivity index (χ1v) is 6.82. The summed E-state index contributed by atoms with van der Waals surface area (Å²) in [5.41, 5.74) is 6.22. The maximum absolute atomic E-state index is 11.3. The van der Waals surface area contributed by atoms with Crippen molar-refractivity contribution in [1.29, 1.82) is 0 Å². The molecular weight excluding hydrogens is 256 g/mol. The maximum atomic E-state index is 11.3. The third kappa shape index (κ3) is 3.36. The van der Waals surface area contributed by atoms with Gasteiger partial charge in [-0.3, -0.25) is 9.69 Å². The van der Waals surface area contributed by atoms with Crippen LogP contribution in [0.25, 0.3) is 0 Å². The molecular formula is C15H22N2O3. The predicted octanol–water partition coefficient (Wildman–Crippen LogP) is 0.544. The van der Waals surface area contributed by atoms with Gasteiger partial charge in [-0.1, -0.05) is 30.3 Å². The van der Waals surface area contributed by atoms with Gasteiger partial charge >= 0.3 is 0 Å². The maximum Gasteiger partial charge on any atom is 0.231 e. The third-order valence-electron chi connectivity index (χ3n) is 3.88. The Kier molecular flexibility index (Phi) is 4.75. The Morgan fingerprint density at radius 1 is 1.45 bits per heavy atom. The summed E-state index contributed by atoms with van der Waals surface area (Å²) >= 11 is 0. The summed E-state index contributed by atoms with van der Waals surface area (Å²) in [5, 5.41) is 9.55. The lowest BCUT2D eigenvalue weighted by Gasteiger charge is -2.44. The van der Waals surface area contributed by atoms with Crippen LogP contribution in [0.5, 0.6) is 0 Å². The van der Waals surface area contributed by atoms with Crippen LogP contribution >= 0.6 is 0 Å². The van der Waals surface area contributed by atoms with Crippen molar-refractivity contribution >= 4 is 5.91 Å². The number of hydrogen-bond acceptors (Lipinski definition) is 4. The van der Waals surface area contributed by atoms with Crippen molar-refractivity contribution in [2.45, 2.75) is 13.0 Å². The topological polar surface area (TPSA) is 75.8 Å². The average Bonchev–Trinajstić information content (AvgIpc) is 2.41. The van der Waals surface area contributed by atoms with Crippen LogP contribution in [0.15, 0.2) is 30.3 Å². The molecule has 0 radical (unpaired) electrons. The van der Waals surface area contributed by atoms with Gasteiger partial charge in [0.05, 0.1) is 31.8 Å². The van der Waals surface area contributed by atoms with Gasteiger partial charge in [-0.05, 0) is 12.5 Å². The minimum atomic E-state index is -0.360. The molecule has 0 aliphatic carbocycles. The van der Waals surface area contributed by atoms with E-state index in [1.807, 2.05) is 42.2 Å². The van der Waals surface area contributed by atoms with Crippen molar-refractivity contribution in [2.24, 2.45) is 11.1 Å². The lowest BCUT2D eigenvalue weighted by atomic mass is 9.85. The molecule has 1 atom stereocenters. The molecule has 1 fully saturated rings. The molecule has 5 nitrogen and oxygen atoms in total. The number of nitrogens with zero attached hydrogens (tertiary/aromatic N) is 1. The van der Waals surface area contributed by atoms with Crippen molar-refractivity contribution in [2.75, 3.05) is 32.9 Å². The van der Waals surface area contributed by atoms with E-state index in [1.54, 1.807) is 0 Å². The summed E-state index contributed by atoms with van der Waals surface area (Å²) in [6, 6.07) is 10.0. The van der Waals surface area contributed by atoms with Gasteiger partial charge in [0.1, 0.15) is 0 Å². The number of carbonyl (C=O) groups excluding carboxylic acids is 1. The second kappa shape index (κ2) is 6.35. The number of rotatable bonds is 7. The molecule has 3 N–H and O–H groups in total. The third-order valence-corrected chi connectivity index (χ3v) is 3.88. The number of primary amides is 1. The van der Waals surface area contributed by atoms with Gasteiger partial charge in [0.15, 0.2) is 0 Å². The molecule has 1 saturated heterocycles. The van der Waals surface area contributed by atoms with Gasteiger partial charge in [-0.25, -0.2) is 0 Å². The number of aliphatic hydroxyl groups is 1. The van der Waals surface area contributed by atoms with E-state index in [0.717, 1.165) is 5.56 Å². The number of amides is 1. The van der Waals surface area contributed by atoms with Crippen molar-refractivity contribution in [3.8, 4) is 0 Å². The van der Waals surface area contributed by atoms with Gasteiger partial charge in [0.25, 0.3) is 0 Å². The van der Waals surface area contributed by atoms with Gasteiger partial charge in [-0.2, -0.15) is 0 Å². The Morgan fingerprint density at radius 3 is 2.55 bits per heavy atom. The van der Waals surface area contributed by atoms with E-state index in [9.17, 15) is 9.90 Å². The van der Waals surface area contributed by atoms with Crippen LogP contribution in [0.2, 0.25) is 0 Å². The average molecular weight is 278 g/mol. The van der Waals surface area contributed by atoms with E-state index in [-0.39, 0.29) is 30.5 Å². The van der Waals surface area contributed by atoms with Crippen molar-refractivity contribution < 1.29 is 14.6 Å². The van der Waals surface area contributed by atoms with Crippen LogP contribution in [0, 0.1) is 5.41 Å². The van der Waals surface area contributed by atoms with Crippen LogP contribution in [-0.4, -0.2) is 48.8 Å². The summed E-state index contributed by atoms with van der Waals surface area (Å²) in [6.45, 7) is 3.94. The summed E-state index contributed by atoms with van der Waals surface area (Å²) in [4.78, 5) is 13.3. The van der Waals surface area contributed by atoms with Crippen LogP contribution < -0.4 is 5.73 Å². The van der Waals surface area contributed by atoms with Crippen molar-refractivity contribution in [1.82, 2.24) is 4.90 Å². The van der Waals surface area contributed by atoms with Gasteiger partial charge in [0.2, 0.25) is 5.91 Å². The normalized spacial score (nSPS) is 18.6. The van der Waals surface area contributed by atoms with Gasteiger partial charge < -0.3 is 15.6 Å². The SMILES string of the molecule is C[C@H](c1ccccc1)N(CC(N)=O)CC1(CO)COC1. The fraction of sp³-hybridized carbons (Fsp3) is 0.533. The molecule has 5 heteroatoms. The monoisotopic (exact) mass is 278 g/mol. The molecule has 110 valence electrons. The van der Waals surface area contributed by atoms with Gasteiger partial charge in [-0.15, -0.1) is 0 Å². The highest BCUT2D eigenvalue weighted by Crippen LogP contribution is 2.31. The smallest absolute Gasteiger partial charge is 0.231 e. The van der Waals surface area contributed by atoms with E-state index in [0.29, 0.717) is 19.8 Å². The molecule has 1 amide bonds. The molecule has 1 aromatic carbocycles.